The molecule has 0 spiro atoms. The monoisotopic (exact) mass is 819 g/mol. The van der Waals surface area contributed by atoms with Crippen molar-refractivity contribution in [1.82, 2.24) is 0 Å². The molecule has 2 heterocycles. The highest BCUT2D eigenvalue weighted by Crippen LogP contribution is 2.41. The lowest BCUT2D eigenvalue weighted by atomic mass is 10.0. The number of carbonyl (C=O) groups excluding carboxylic acids is 2. The quantitative estimate of drug-likeness (QED) is 0.0466. The Hall–Kier alpha value is -4.58. The van der Waals surface area contributed by atoms with E-state index < -0.39 is 20.5 Å². The first-order valence-corrected chi connectivity index (χ1v) is 23.0. The third-order valence-electron chi connectivity index (χ3n) is 11.0. The highest BCUT2D eigenvalue weighted by molar-refractivity contribution is 7.13. The SMILES string of the molecule is CCCCCC(OCc1ccc(OC)cc1)c1ccc(N2C(=O)C[C@@H](O[Si](c3ccccc3)(c3ccccc3)C(C)(C)C)[C@@H]2COCc2ccc(C(=O)OC)s2)cc1. The number of benzene rings is 4. The van der Waals surface area contributed by atoms with Gasteiger partial charge in [-0.15, -0.1) is 11.3 Å². The number of hydrogen-bond acceptors (Lipinski definition) is 8. The first-order chi connectivity index (χ1) is 28.1. The second kappa shape index (κ2) is 19.9. The van der Waals surface area contributed by atoms with E-state index in [4.69, 9.17) is 23.4 Å². The van der Waals surface area contributed by atoms with Crippen molar-refractivity contribution >= 4 is 47.6 Å². The number of esters is 1. The Kier molecular flexibility index (Phi) is 14.8. The fourth-order valence-electron chi connectivity index (χ4n) is 7.95. The molecule has 0 radical (unpaired) electrons. The van der Waals surface area contributed by atoms with E-state index in [1.807, 2.05) is 59.5 Å². The van der Waals surface area contributed by atoms with Gasteiger partial charge >= 0.3 is 5.97 Å². The maximum Gasteiger partial charge on any atom is 0.348 e. The van der Waals surface area contributed by atoms with Crippen molar-refractivity contribution < 1.29 is 33.0 Å². The summed E-state index contributed by atoms with van der Waals surface area (Å²) in [7, 11) is 0.0249. The van der Waals surface area contributed by atoms with E-state index in [9.17, 15) is 9.59 Å². The lowest BCUT2D eigenvalue weighted by Gasteiger charge is -2.45. The molecule has 1 aromatic heterocycles. The van der Waals surface area contributed by atoms with Crippen LogP contribution < -0.4 is 20.0 Å². The standard InChI is InChI=1S/C48H57NO7SSi/c1-7-8-11-20-43(55-32-35-21-27-38(52-5)28-22-35)36-23-25-37(26-24-36)49-42(34-54-33-39-29-30-45(57-39)47(51)53-6)44(31-46(49)50)56-58(48(2,3)4,40-16-12-9-13-17-40)41-18-14-10-15-19-41/h9-10,12-19,21-30,42-44H,7-8,11,20,31-34H2,1-6H3/t42-,43?,44+/m0/s1. The van der Waals surface area contributed by atoms with Crippen molar-refractivity contribution in [1.29, 1.82) is 0 Å². The van der Waals surface area contributed by atoms with Gasteiger partial charge in [0.15, 0.2) is 0 Å². The minimum absolute atomic E-state index is 0.0105. The summed E-state index contributed by atoms with van der Waals surface area (Å²) >= 11 is 1.35. The highest BCUT2D eigenvalue weighted by Gasteiger charge is 2.54. The Morgan fingerprint density at radius 2 is 1.48 bits per heavy atom. The number of methoxy groups -OCH3 is 2. The zero-order valence-corrected chi connectivity index (χ0v) is 36.5. The Bertz CT molecular complexity index is 2010. The van der Waals surface area contributed by atoms with E-state index in [1.54, 1.807) is 13.2 Å². The van der Waals surface area contributed by atoms with Crippen molar-refractivity contribution in [2.45, 2.75) is 96.3 Å². The van der Waals surface area contributed by atoms with Gasteiger partial charge in [0.05, 0.1) is 58.7 Å². The van der Waals surface area contributed by atoms with Gasteiger partial charge in [0.2, 0.25) is 5.91 Å². The van der Waals surface area contributed by atoms with Gasteiger partial charge in [0, 0.05) is 10.6 Å². The molecule has 10 heteroatoms. The molecular weight excluding hydrogens is 763 g/mol. The molecule has 6 rings (SSSR count). The minimum Gasteiger partial charge on any atom is -0.497 e. The number of ether oxygens (including phenoxy) is 4. The maximum absolute atomic E-state index is 14.4. The molecule has 1 fully saturated rings. The molecule has 1 unspecified atom stereocenters. The van der Waals surface area contributed by atoms with Gasteiger partial charge in [0.25, 0.3) is 8.32 Å². The Morgan fingerprint density at radius 3 is 2.07 bits per heavy atom. The summed E-state index contributed by atoms with van der Waals surface area (Å²) in [6.07, 6.45) is 3.88. The largest absolute Gasteiger partial charge is 0.497 e. The molecule has 0 N–H and O–H groups in total. The average molecular weight is 820 g/mol. The van der Waals surface area contributed by atoms with Crippen molar-refractivity contribution in [2.24, 2.45) is 0 Å². The van der Waals surface area contributed by atoms with E-state index in [1.165, 1.54) is 18.4 Å². The molecule has 1 saturated heterocycles. The average Bonchev–Trinajstić information content (AvgIpc) is 3.84. The van der Waals surface area contributed by atoms with Gasteiger partial charge in [-0.25, -0.2) is 4.79 Å². The smallest absolute Gasteiger partial charge is 0.348 e. The number of amides is 1. The fourth-order valence-corrected chi connectivity index (χ4v) is 13.5. The number of thiophene rings is 1. The minimum atomic E-state index is -3.02. The van der Waals surface area contributed by atoms with Gasteiger partial charge < -0.3 is 28.3 Å². The van der Waals surface area contributed by atoms with Gasteiger partial charge in [-0.05, 0) is 69.4 Å². The zero-order chi connectivity index (χ0) is 41.1. The van der Waals surface area contributed by atoms with E-state index in [-0.39, 0.29) is 42.7 Å². The maximum atomic E-state index is 14.4. The van der Waals surface area contributed by atoms with Crippen molar-refractivity contribution in [3.63, 3.8) is 0 Å². The number of rotatable bonds is 19. The molecule has 0 bridgehead atoms. The van der Waals surface area contributed by atoms with Crippen LogP contribution in [0.3, 0.4) is 0 Å². The summed E-state index contributed by atoms with van der Waals surface area (Å²) in [5.41, 5.74) is 2.95. The van der Waals surface area contributed by atoms with E-state index in [0.29, 0.717) is 11.5 Å². The van der Waals surface area contributed by atoms with Crippen LogP contribution in [0.5, 0.6) is 5.75 Å². The first kappa shape index (κ1) is 43.0. The molecule has 1 aliphatic heterocycles. The Labute approximate surface area is 349 Å². The molecule has 8 nitrogen and oxygen atoms in total. The van der Waals surface area contributed by atoms with Crippen molar-refractivity contribution in [3.05, 3.63) is 142 Å². The van der Waals surface area contributed by atoms with Crippen LogP contribution in [0.4, 0.5) is 5.69 Å². The number of nitrogens with zero attached hydrogens (tertiary/aromatic N) is 1. The predicted octanol–water partition coefficient (Wildman–Crippen LogP) is 9.65. The van der Waals surface area contributed by atoms with E-state index in [2.05, 4.69) is 88.4 Å². The van der Waals surface area contributed by atoms with Crippen LogP contribution >= 0.6 is 11.3 Å². The van der Waals surface area contributed by atoms with E-state index in [0.717, 1.165) is 63.5 Å². The van der Waals surface area contributed by atoms with Crippen molar-refractivity contribution in [3.8, 4) is 5.75 Å². The summed E-state index contributed by atoms with van der Waals surface area (Å²) in [5, 5.41) is 2.03. The lowest BCUT2D eigenvalue weighted by Crippen LogP contribution is -2.68. The molecule has 1 amide bonds. The number of hydrogen-bond donors (Lipinski definition) is 0. The predicted molar refractivity (Wildman–Crippen MR) is 235 cm³/mol. The van der Waals surface area contributed by atoms with Crippen LogP contribution in [0.15, 0.2) is 121 Å². The topological polar surface area (TPSA) is 83.5 Å². The summed E-state index contributed by atoms with van der Waals surface area (Å²) < 4.78 is 30.9. The van der Waals surface area contributed by atoms with Crippen LogP contribution in [0.1, 0.15) is 91.6 Å². The second-order valence-electron chi connectivity index (χ2n) is 15.9. The molecule has 1 aliphatic rings. The molecule has 5 aromatic rings. The van der Waals surface area contributed by atoms with Gasteiger partial charge in [-0.3, -0.25) is 4.79 Å². The third-order valence-corrected chi connectivity index (χ3v) is 17.1. The summed E-state index contributed by atoms with van der Waals surface area (Å²) in [5.74, 6) is 0.436. The Balaban J connectivity index is 1.31. The molecule has 0 saturated carbocycles. The van der Waals surface area contributed by atoms with Crippen LogP contribution in [-0.4, -0.2) is 53.2 Å². The van der Waals surface area contributed by atoms with Gasteiger partial charge in [-0.1, -0.05) is 132 Å². The zero-order valence-electron chi connectivity index (χ0n) is 34.6. The van der Waals surface area contributed by atoms with Crippen molar-refractivity contribution in [2.75, 3.05) is 25.7 Å². The van der Waals surface area contributed by atoms with Crippen LogP contribution in [0, 0.1) is 0 Å². The molecule has 4 aromatic carbocycles. The number of unbranched alkanes of at least 4 members (excludes halogenated alkanes) is 2. The molecule has 306 valence electrons. The third kappa shape index (κ3) is 9.98. The molecule has 0 aliphatic carbocycles. The highest BCUT2D eigenvalue weighted by atomic mass is 32.1. The number of carbonyl (C=O) groups is 2. The normalized spacial score (nSPS) is 16.4. The van der Waals surface area contributed by atoms with Gasteiger partial charge in [0.1, 0.15) is 10.6 Å². The summed E-state index contributed by atoms with van der Waals surface area (Å²) in [4.78, 5) is 29.8. The van der Waals surface area contributed by atoms with Gasteiger partial charge in [-0.2, -0.15) is 0 Å². The molecular formula is C48H57NO7SSi. The van der Waals surface area contributed by atoms with E-state index >= 15 is 0 Å². The summed E-state index contributed by atoms with van der Waals surface area (Å²) in [6, 6.07) is 40.5. The van der Waals surface area contributed by atoms with Crippen LogP contribution in [0.25, 0.3) is 0 Å². The van der Waals surface area contributed by atoms with Crippen LogP contribution in [-0.2, 0) is 36.6 Å². The number of anilines is 1. The van der Waals surface area contributed by atoms with Crippen LogP contribution in [0.2, 0.25) is 5.04 Å². The fraction of sp³-hybridized carbons (Fsp3) is 0.375. The Morgan fingerprint density at radius 1 is 0.828 bits per heavy atom. The molecule has 58 heavy (non-hydrogen) atoms. The first-order valence-electron chi connectivity index (χ1n) is 20.3. The second-order valence-corrected chi connectivity index (χ2v) is 21.3. The summed E-state index contributed by atoms with van der Waals surface area (Å²) in [6.45, 7) is 9.98. The molecule has 3 atom stereocenters. The lowest BCUT2D eigenvalue weighted by molar-refractivity contribution is -0.117.